The number of nitrogens with one attached hydrogen (secondary N) is 2. The number of fused-ring (bicyclic) bond motifs is 1. The molecule has 36 heavy (non-hydrogen) atoms. The number of aromatic amines is 1. The Kier molecular flexibility index (Phi) is 6.82. The van der Waals surface area contributed by atoms with Gasteiger partial charge in [-0.1, -0.05) is 25.6 Å². The van der Waals surface area contributed by atoms with Gasteiger partial charge in [-0.3, -0.25) is 9.78 Å². The molecule has 0 aliphatic carbocycles. The van der Waals surface area contributed by atoms with Crippen LogP contribution in [0.5, 0.6) is 0 Å². The Labute approximate surface area is 211 Å². The van der Waals surface area contributed by atoms with E-state index < -0.39 is 0 Å². The van der Waals surface area contributed by atoms with E-state index in [2.05, 4.69) is 50.8 Å². The van der Waals surface area contributed by atoms with Crippen molar-refractivity contribution in [2.75, 3.05) is 38.5 Å². The summed E-state index contributed by atoms with van der Waals surface area (Å²) in [7, 11) is 2.16. The van der Waals surface area contributed by atoms with Crippen LogP contribution >= 0.6 is 0 Å². The fourth-order valence-electron chi connectivity index (χ4n) is 4.52. The fourth-order valence-corrected chi connectivity index (χ4v) is 4.52. The molecule has 1 fully saturated rings. The predicted octanol–water partition coefficient (Wildman–Crippen LogP) is 5.57. The normalized spacial score (nSPS) is 14.2. The molecule has 0 radical (unpaired) electrons. The third-order valence-electron chi connectivity index (χ3n) is 6.71. The van der Waals surface area contributed by atoms with Crippen molar-refractivity contribution in [3.05, 3.63) is 78.6 Å². The van der Waals surface area contributed by atoms with Crippen LogP contribution in [-0.4, -0.2) is 63.8 Å². The van der Waals surface area contributed by atoms with Crippen molar-refractivity contribution in [3.63, 3.8) is 0 Å². The summed E-state index contributed by atoms with van der Waals surface area (Å²) in [6.45, 7) is 10.5. The summed E-state index contributed by atoms with van der Waals surface area (Å²) in [5.74, 6) is 0.835. The highest BCUT2D eigenvalue weighted by atomic mass is 16.1. The number of piperazine rings is 1. The molecule has 1 saturated heterocycles. The summed E-state index contributed by atoms with van der Waals surface area (Å²) < 4.78 is 0. The molecule has 3 heterocycles. The second kappa shape index (κ2) is 10.3. The van der Waals surface area contributed by atoms with Gasteiger partial charge in [-0.05, 0) is 55.4 Å². The second-order valence-electron chi connectivity index (χ2n) is 9.39. The van der Waals surface area contributed by atoms with Gasteiger partial charge in [0.25, 0.3) is 0 Å². The van der Waals surface area contributed by atoms with E-state index in [9.17, 15) is 4.79 Å². The van der Waals surface area contributed by atoms with Crippen molar-refractivity contribution in [3.8, 4) is 11.4 Å². The molecule has 0 atom stereocenters. The Morgan fingerprint density at radius 1 is 1.03 bits per heavy atom. The third-order valence-corrected chi connectivity index (χ3v) is 6.71. The van der Waals surface area contributed by atoms with Gasteiger partial charge in [-0.25, -0.2) is 4.98 Å². The lowest BCUT2D eigenvalue weighted by molar-refractivity contribution is 0.0982. The SMILES string of the molecule is C=C(c1ccc(Nc2cncc(-c3cc4cc(C(=O)CCC)ccc4[nH]3)n2)cc1)N1CCN(C)CC1. The summed E-state index contributed by atoms with van der Waals surface area (Å²) in [6.07, 6.45) is 4.86. The number of H-pyrrole nitrogens is 1. The maximum atomic E-state index is 12.3. The number of ketones is 1. The lowest BCUT2D eigenvalue weighted by Gasteiger charge is -2.35. The average Bonchev–Trinajstić information content (AvgIpc) is 3.33. The van der Waals surface area contributed by atoms with Gasteiger partial charge in [0.1, 0.15) is 11.5 Å². The molecule has 0 unspecified atom stereocenters. The molecule has 2 N–H and O–H groups in total. The molecular weight excluding hydrogens is 448 g/mol. The van der Waals surface area contributed by atoms with Crippen LogP contribution < -0.4 is 5.32 Å². The summed E-state index contributed by atoms with van der Waals surface area (Å²) >= 11 is 0. The lowest BCUT2D eigenvalue weighted by atomic mass is 10.1. The molecule has 1 aliphatic rings. The first-order valence-electron chi connectivity index (χ1n) is 12.5. The van der Waals surface area contributed by atoms with Crippen LogP contribution in [0.4, 0.5) is 11.5 Å². The standard InChI is InChI=1S/C29H32N6O/c1-4-5-28(36)22-8-11-25-23(16-22)17-26(32-25)27-18-30-19-29(33-27)31-24-9-6-21(7-10-24)20(2)35-14-12-34(3)13-15-35/h6-11,16-19,32H,2,4-5,12-15H2,1,3H3,(H,31,33). The van der Waals surface area contributed by atoms with Crippen molar-refractivity contribution in [1.29, 1.82) is 0 Å². The molecule has 0 amide bonds. The minimum Gasteiger partial charge on any atom is -0.369 e. The van der Waals surface area contributed by atoms with Crippen LogP contribution in [0, 0.1) is 0 Å². The van der Waals surface area contributed by atoms with Gasteiger partial charge in [0.2, 0.25) is 0 Å². The topological polar surface area (TPSA) is 77.1 Å². The van der Waals surface area contributed by atoms with Crippen LogP contribution in [0.2, 0.25) is 0 Å². The highest BCUT2D eigenvalue weighted by molar-refractivity contribution is 6.00. The van der Waals surface area contributed by atoms with Gasteiger partial charge < -0.3 is 20.1 Å². The van der Waals surface area contributed by atoms with E-state index >= 15 is 0 Å². The van der Waals surface area contributed by atoms with Crippen LogP contribution in [0.1, 0.15) is 35.7 Å². The number of benzene rings is 2. The molecule has 0 spiro atoms. The van der Waals surface area contributed by atoms with Crippen LogP contribution in [0.15, 0.2) is 67.5 Å². The molecule has 7 heteroatoms. The zero-order chi connectivity index (χ0) is 25.1. The smallest absolute Gasteiger partial charge is 0.162 e. The summed E-state index contributed by atoms with van der Waals surface area (Å²) in [4.78, 5) is 29.5. The molecule has 7 nitrogen and oxygen atoms in total. The van der Waals surface area contributed by atoms with Gasteiger partial charge in [-0.15, -0.1) is 0 Å². The Bertz CT molecular complexity index is 1380. The van der Waals surface area contributed by atoms with E-state index in [4.69, 9.17) is 4.98 Å². The zero-order valence-electron chi connectivity index (χ0n) is 20.9. The minimum absolute atomic E-state index is 0.172. The number of rotatable bonds is 8. The Hall–Kier alpha value is -3.97. The van der Waals surface area contributed by atoms with E-state index in [1.54, 1.807) is 12.4 Å². The highest BCUT2D eigenvalue weighted by Gasteiger charge is 2.16. The number of Topliss-reactive ketones (excluding diaryl/α,β-unsaturated/α-hetero) is 1. The fraction of sp³-hybridized carbons (Fsp3) is 0.276. The van der Waals surface area contributed by atoms with Crippen molar-refractivity contribution >= 4 is 33.9 Å². The van der Waals surface area contributed by atoms with Crippen molar-refractivity contribution in [2.24, 2.45) is 0 Å². The first kappa shape index (κ1) is 23.8. The van der Waals surface area contributed by atoms with Crippen LogP contribution in [0.3, 0.4) is 0 Å². The van der Waals surface area contributed by atoms with Gasteiger partial charge in [0.15, 0.2) is 5.78 Å². The molecule has 5 rings (SSSR count). The minimum atomic E-state index is 0.172. The van der Waals surface area contributed by atoms with E-state index in [-0.39, 0.29) is 5.78 Å². The van der Waals surface area contributed by atoms with E-state index in [1.165, 1.54) is 0 Å². The van der Waals surface area contributed by atoms with E-state index in [1.807, 2.05) is 43.3 Å². The van der Waals surface area contributed by atoms with Gasteiger partial charge in [0, 0.05) is 60.5 Å². The monoisotopic (exact) mass is 480 g/mol. The molecule has 0 bridgehead atoms. The maximum absolute atomic E-state index is 12.3. The maximum Gasteiger partial charge on any atom is 0.162 e. The van der Waals surface area contributed by atoms with Crippen molar-refractivity contribution in [1.82, 2.24) is 24.8 Å². The summed E-state index contributed by atoms with van der Waals surface area (Å²) in [5, 5.41) is 4.34. The molecular formula is C29H32N6O. The quantitative estimate of drug-likeness (QED) is 0.321. The Morgan fingerprint density at radius 2 is 1.78 bits per heavy atom. The number of hydrogen-bond donors (Lipinski definition) is 2. The molecule has 184 valence electrons. The molecule has 4 aromatic rings. The average molecular weight is 481 g/mol. The largest absolute Gasteiger partial charge is 0.369 e. The summed E-state index contributed by atoms with van der Waals surface area (Å²) in [5.41, 5.74) is 6.43. The van der Waals surface area contributed by atoms with E-state index in [0.29, 0.717) is 12.2 Å². The number of carbonyl (C=O) groups is 1. The van der Waals surface area contributed by atoms with Gasteiger partial charge in [0.05, 0.1) is 18.1 Å². The molecule has 0 saturated carbocycles. The van der Waals surface area contributed by atoms with Gasteiger partial charge >= 0.3 is 0 Å². The first-order chi connectivity index (χ1) is 17.5. The third kappa shape index (κ3) is 5.16. The second-order valence-corrected chi connectivity index (χ2v) is 9.39. The molecule has 2 aromatic carbocycles. The predicted molar refractivity (Wildman–Crippen MR) is 146 cm³/mol. The van der Waals surface area contributed by atoms with Crippen LogP contribution in [-0.2, 0) is 0 Å². The first-order valence-corrected chi connectivity index (χ1v) is 12.5. The number of anilines is 2. The number of aromatic nitrogens is 3. The Balaban J connectivity index is 1.29. The van der Waals surface area contributed by atoms with Gasteiger partial charge in [-0.2, -0.15) is 0 Å². The number of carbonyl (C=O) groups excluding carboxylic acids is 1. The highest BCUT2D eigenvalue weighted by Crippen LogP contribution is 2.26. The number of hydrogen-bond acceptors (Lipinski definition) is 6. The molecule has 2 aromatic heterocycles. The molecule has 1 aliphatic heterocycles. The van der Waals surface area contributed by atoms with Crippen molar-refractivity contribution in [2.45, 2.75) is 19.8 Å². The summed E-state index contributed by atoms with van der Waals surface area (Å²) in [6, 6.07) is 16.1. The number of nitrogens with zero attached hydrogens (tertiary/aromatic N) is 4. The van der Waals surface area contributed by atoms with Crippen molar-refractivity contribution < 1.29 is 4.79 Å². The lowest BCUT2D eigenvalue weighted by Crippen LogP contribution is -2.43. The Morgan fingerprint density at radius 3 is 2.53 bits per heavy atom. The number of likely N-dealkylation sites (N-methyl/N-ethyl adjacent to an activating group) is 1. The van der Waals surface area contributed by atoms with Crippen LogP contribution in [0.25, 0.3) is 28.0 Å². The zero-order valence-corrected chi connectivity index (χ0v) is 20.9. The van der Waals surface area contributed by atoms with E-state index in [0.717, 1.165) is 77.4 Å².